The van der Waals surface area contributed by atoms with Gasteiger partial charge in [-0.25, -0.2) is 0 Å². The largest absolute Gasteiger partial charge is 0.431 e. The first kappa shape index (κ1) is 42.6. The summed E-state index contributed by atoms with van der Waals surface area (Å²) < 4.78 is 0. The summed E-state index contributed by atoms with van der Waals surface area (Å²) in [4.78, 5) is 20.8. The first-order chi connectivity index (χ1) is 16.4. The van der Waals surface area contributed by atoms with Crippen LogP contribution in [0.1, 0.15) is 147 Å². The van der Waals surface area contributed by atoms with Gasteiger partial charge in [0.1, 0.15) is 0 Å². The fraction of sp³-hybridized carbons (Fsp3) is 1.00. The maximum atomic E-state index is 10.4. The van der Waals surface area contributed by atoms with Gasteiger partial charge in [-0.1, -0.05) is 122 Å². The third-order valence-electron chi connectivity index (χ3n) is 8.70. The van der Waals surface area contributed by atoms with Crippen molar-refractivity contribution in [2.75, 3.05) is 0 Å². The molecule has 0 bridgehead atoms. The van der Waals surface area contributed by atoms with Gasteiger partial charge in [-0.2, -0.15) is 0 Å². The number of aliphatic hydroxyl groups excluding tert-OH is 2. The van der Waals surface area contributed by atoms with Crippen LogP contribution >= 0.6 is 0 Å². The first-order valence-corrected chi connectivity index (χ1v) is 19.6. The Labute approximate surface area is 254 Å². The van der Waals surface area contributed by atoms with Gasteiger partial charge in [0.05, 0.1) is 12.2 Å². The van der Waals surface area contributed by atoms with Crippen molar-refractivity contribution in [1.29, 1.82) is 0 Å². The van der Waals surface area contributed by atoms with E-state index in [0.29, 0.717) is 33.2 Å². The summed E-state index contributed by atoms with van der Waals surface area (Å²) in [6, 6.07) is 0. The van der Waals surface area contributed by atoms with E-state index in [4.69, 9.17) is 10.2 Å². The van der Waals surface area contributed by atoms with Crippen LogP contribution in [0.3, 0.4) is 0 Å². The van der Waals surface area contributed by atoms with Gasteiger partial charge in [0.2, 0.25) is 0 Å². The number of hydrogen-bond donors (Lipinski definition) is 4. The fourth-order valence-corrected chi connectivity index (χ4v) is 14.2. The minimum Gasteiger partial charge on any atom is -0.431 e. The molecule has 0 heterocycles. The van der Waals surface area contributed by atoms with Crippen LogP contribution in [-0.2, 0) is 26.2 Å². The quantitative estimate of drug-likeness (QED) is 0.219. The zero-order valence-corrected chi connectivity index (χ0v) is 31.4. The van der Waals surface area contributed by atoms with Crippen molar-refractivity contribution >= 4 is 16.6 Å². The Morgan fingerprint density at radius 3 is 0.622 bits per heavy atom. The molecule has 224 valence electrons. The number of rotatable bonds is 6. The molecule has 37 heavy (non-hydrogen) atoms. The number of aliphatic hydroxyl groups is 2. The van der Waals surface area contributed by atoms with Gasteiger partial charge < -0.3 is 19.8 Å². The molecule has 4 N–H and O–H groups in total. The van der Waals surface area contributed by atoms with E-state index >= 15 is 0 Å². The van der Waals surface area contributed by atoms with E-state index < -0.39 is 16.6 Å². The average Bonchev–Trinajstić information content (AvgIpc) is 2.79. The van der Waals surface area contributed by atoms with E-state index in [9.17, 15) is 9.59 Å². The Kier molecular flexibility index (Phi) is 25.2. The van der Waals surface area contributed by atoms with E-state index in [2.05, 4.69) is 83.1 Å². The molecule has 0 amide bonds. The molecular weight excluding hydrogens is 572 g/mol. The molecule has 0 radical (unpaired) electrons. The second-order valence-corrected chi connectivity index (χ2v) is 23.8. The van der Waals surface area contributed by atoms with Crippen LogP contribution in [0.15, 0.2) is 0 Å². The van der Waals surface area contributed by atoms with Crippen molar-refractivity contribution < 1.29 is 46.0 Å². The molecule has 0 aromatic rings. The third-order valence-corrected chi connectivity index (χ3v) is 19.8. The van der Waals surface area contributed by atoms with Crippen LogP contribution in [0.5, 0.6) is 0 Å². The van der Waals surface area contributed by atoms with Crippen molar-refractivity contribution in [3.05, 3.63) is 0 Å². The smallest absolute Gasteiger partial charge is 0.196 e. The molecule has 2 aliphatic carbocycles. The van der Waals surface area contributed by atoms with Crippen LogP contribution in [0.4, 0.5) is 0 Å². The van der Waals surface area contributed by atoms with Gasteiger partial charge in [0, 0.05) is 26.2 Å². The summed E-state index contributed by atoms with van der Waals surface area (Å²) in [6.07, 6.45) is 11.8. The maximum Gasteiger partial charge on any atom is 0.196 e. The van der Waals surface area contributed by atoms with Crippen LogP contribution < -0.4 is 0 Å². The fourth-order valence-electron chi connectivity index (χ4n) is 6.16. The van der Waals surface area contributed by atoms with Crippen LogP contribution in [0.25, 0.3) is 0 Å². The van der Waals surface area contributed by atoms with Crippen molar-refractivity contribution in [1.82, 2.24) is 0 Å². The number of hydrogen-bond acceptors (Lipinski definition) is 4. The predicted octanol–water partition coefficient (Wildman–Crippen LogP) is 8.93. The second kappa shape index (κ2) is 21.8. The van der Waals surface area contributed by atoms with Gasteiger partial charge in [0.15, 0.2) is 16.6 Å². The van der Waals surface area contributed by atoms with Crippen molar-refractivity contribution in [3.63, 3.8) is 0 Å². The molecular formula is C30H68O4Si2Zr. The minimum absolute atomic E-state index is 0. The topological polar surface area (TPSA) is 80.9 Å². The molecule has 0 unspecified atom stereocenters. The average molecular weight is 640 g/mol. The molecule has 0 spiro atoms. The molecule has 2 fully saturated rings. The van der Waals surface area contributed by atoms with Gasteiger partial charge >= 0.3 is 0 Å². The Morgan fingerprint density at radius 2 is 0.568 bits per heavy atom. The molecule has 0 saturated heterocycles. The zero-order chi connectivity index (χ0) is 28.7. The predicted molar refractivity (Wildman–Crippen MR) is 165 cm³/mol. The van der Waals surface area contributed by atoms with Crippen LogP contribution in [-0.4, -0.2) is 48.6 Å². The van der Waals surface area contributed by atoms with E-state index in [1.165, 1.54) is 38.5 Å². The Balaban J connectivity index is -0.000000420. The molecule has 2 rings (SSSR count). The van der Waals surface area contributed by atoms with E-state index in [1.54, 1.807) is 0 Å². The summed E-state index contributed by atoms with van der Waals surface area (Å²) in [6.45, 7) is 25.7. The summed E-state index contributed by atoms with van der Waals surface area (Å²) in [5, 5.41) is 17.8. The van der Waals surface area contributed by atoms with Gasteiger partial charge in [0.25, 0.3) is 0 Å². The summed E-state index contributed by atoms with van der Waals surface area (Å²) in [7, 11) is -3.96. The SMILES string of the molecule is CC(C)[Si](O)(C(C)C)C(C)C.CC(C)[Si](O)(C(C)C)C(C)C.OC1CCCCC1.OC1CCCCC1.[Zr]. The van der Waals surface area contributed by atoms with E-state index in [-0.39, 0.29) is 38.4 Å². The first-order valence-electron chi connectivity index (χ1n) is 15.3. The molecule has 0 aliphatic heterocycles. The summed E-state index contributed by atoms with van der Waals surface area (Å²) >= 11 is 0. The molecule has 7 heteroatoms. The Hall–Kier alpha value is 1.16. The van der Waals surface area contributed by atoms with Crippen molar-refractivity contribution in [2.24, 2.45) is 0 Å². The standard InChI is InChI=1S/2C9H22OSi.2C6H12O.Zr/c2*1-7(2)11(10,8(3)4)9(5)6;2*7-6-4-2-1-3-5-6;/h2*7-10H,1-6H3;2*6-7H,1-5H2;. The monoisotopic (exact) mass is 638 g/mol. The Morgan fingerprint density at radius 1 is 0.405 bits per heavy atom. The van der Waals surface area contributed by atoms with Crippen molar-refractivity contribution in [3.8, 4) is 0 Å². The summed E-state index contributed by atoms with van der Waals surface area (Å²) in [5.74, 6) is 0. The minimum atomic E-state index is -1.98. The summed E-state index contributed by atoms with van der Waals surface area (Å²) in [5.41, 5.74) is 2.85. The molecule has 4 nitrogen and oxygen atoms in total. The zero-order valence-electron chi connectivity index (χ0n) is 27.0. The molecule has 0 atom stereocenters. The normalized spacial score (nSPS) is 17.7. The van der Waals surface area contributed by atoms with Gasteiger partial charge in [-0.05, 0) is 58.9 Å². The van der Waals surface area contributed by atoms with Gasteiger partial charge in [-0.15, -0.1) is 0 Å². The molecule has 0 aromatic carbocycles. The van der Waals surface area contributed by atoms with E-state index in [1.807, 2.05) is 0 Å². The van der Waals surface area contributed by atoms with E-state index in [0.717, 1.165) is 25.7 Å². The van der Waals surface area contributed by atoms with Crippen LogP contribution in [0, 0.1) is 0 Å². The Bertz CT molecular complexity index is 426. The second-order valence-electron chi connectivity index (χ2n) is 13.3. The maximum absolute atomic E-state index is 10.4. The van der Waals surface area contributed by atoms with Gasteiger partial charge in [-0.3, -0.25) is 0 Å². The third kappa shape index (κ3) is 16.3. The molecule has 0 aromatic heterocycles. The van der Waals surface area contributed by atoms with Crippen LogP contribution in [0.2, 0.25) is 33.2 Å². The molecule has 2 saturated carbocycles. The molecule has 2 aliphatic rings. The van der Waals surface area contributed by atoms with Crippen molar-refractivity contribution in [2.45, 2.75) is 193 Å².